The maximum absolute atomic E-state index is 13.3. The Morgan fingerprint density at radius 3 is 2.38 bits per heavy atom. The van der Waals surface area contributed by atoms with E-state index in [1.165, 1.54) is 35.9 Å². The van der Waals surface area contributed by atoms with Crippen LogP contribution in [0.5, 0.6) is 0 Å². The maximum Gasteiger partial charge on any atom is 0.360 e. The van der Waals surface area contributed by atoms with E-state index < -0.39 is 17.3 Å². The van der Waals surface area contributed by atoms with E-state index >= 15 is 0 Å². The Bertz CT molecular complexity index is 1120. The fourth-order valence-corrected chi connectivity index (χ4v) is 3.79. The lowest BCUT2D eigenvalue weighted by Crippen LogP contribution is -2.47. The lowest BCUT2D eigenvalue weighted by atomic mass is 10.2. The second-order valence-electron chi connectivity index (χ2n) is 7.57. The van der Waals surface area contributed by atoms with Crippen molar-refractivity contribution in [1.82, 2.24) is 14.7 Å². The first-order chi connectivity index (χ1) is 15.5. The normalized spacial score (nSPS) is 14.4. The number of hydrogen-bond acceptors (Lipinski definition) is 6. The summed E-state index contributed by atoms with van der Waals surface area (Å²) in [5, 5.41) is 4.30. The molecule has 0 unspecified atom stereocenters. The Kier molecular flexibility index (Phi) is 6.61. The summed E-state index contributed by atoms with van der Waals surface area (Å²) >= 11 is 0. The Balaban J connectivity index is 1.59. The van der Waals surface area contributed by atoms with Crippen molar-refractivity contribution in [1.29, 1.82) is 0 Å². The van der Waals surface area contributed by atoms with Gasteiger partial charge >= 0.3 is 5.97 Å². The van der Waals surface area contributed by atoms with Gasteiger partial charge in [0.25, 0.3) is 5.56 Å². The van der Waals surface area contributed by atoms with Crippen molar-refractivity contribution < 1.29 is 13.9 Å². The number of carbonyl (C=O) groups is 1. The highest BCUT2D eigenvalue weighted by atomic mass is 19.1. The van der Waals surface area contributed by atoms with E-state index in [9.17, 15) is 14.0 Å². The topological polar surface area (TPSA) is 67.7 Å². The van der Waals surface area contributed by atoms with Gasteiger partial charge in [-0.25, -0.2) is 9.18 Å². The van der Waals surface area contributed by atoms with Crippen LogP contribution in [0.4, 0.5) is 10.1 Å². The number of nitrogens with zero attached hydrogens (tertiary/aromatic N) is 4. The van der Waals surface area contributed by atoms with E-state index in [1.54, 1.807) is 6.92 Å². The molecule has 1 aliphatic rings. The van der Waals surface area contributed by atoms with E-state index in [0.29, 0.717) is 24.5 Å². The Hall–Kier alpha value is -3.52. The fraction of sp³-hybridized carbons (Fsp3) is 0.292. The quantitative estimate of drug-likeness (QED) is 0.554. The molecule has 1 aromatic heterocycles. The molecule has 0 bridgehead atoms. The molecule has 0 saturated carbocycles. The molecule has 32 heavy (non-hydrogen) atoms. The number of rotatable bonds is 6. The molecule has 1 saturated heterocycles. The minimum Gasteiger partial charge on any atom is -0.461 e. The van der Waals surface area contributed by atoms with Gasteiger partial charge in [0.1, 0.15) is 5.82 Å². The van der Waals surface area contributed by atoms with Gasteiger partial charge in [0.05, 0.1) is 18.0 Å². The van der Waals surface area contributed by atoms with Gasteiger partial charge in [0.2, 0.25) is 0 Å². The SMILES string of the molecule is CCOC(=O)c1nn(-c2ccc(F)cc2)c(=O)cc1N1CCN(Cc2ccccc2)CC1. The second kappa shape index (κ2) is 9.74. The molecule has 1 fully saturated rings. The van der Waals surface area contributed by atoms with Crippen LogP contribution in [0, 0.1) is 5.82 Å². The Morgan fingerprint density at radius 2 is 1.72 bits per heavy atom. The number of aromatic nitrogens is 2. The van der Waals surface area contributed by atoms with E-state index in [4.69, 9.17) is 4.74 Å². The number of halogens is 1. The maximum atomic E-state index is 13.3. The van der Waals surface area contributed by atoms with Gasteiger partial charge in [-0.2, -0.15) is 9.78 Å². The zero-order valence-corrected chi connectivity index (χ0v) is 17.9. The molecule has 4 rings (SSSR count). The molecule has 0 N–H and O–H groups in total. The minimum absolute atomic E-state index is 0.0762. The van der Waals surface area contributed by atoms with Gasteiger partial charge in [-0.1, -0.05) is 30.3 Å². The number of carbonyl (C=O) groups excluding carboxylic acids is 1. The summed E-state index contributed by atoms with van der Waals surface area (Å²) in [6.07, 6.45) is 0. The van der Waals surface area contributed by atoms with Crippen LogP contribution in [-0.4, -0.2) is 53.4 Å². The smallest absolute Gasteiger partial charge is 0.360 e. The molecule has 3 aromatic rings. The molecule has 0 radical (unpaired) electrons. The summed E-state index contributed by atoms with van der Waals surface area (Å²) < 4.78 is 19.6. The number of hydrogen-bond donors (Lipinski definition) is 0. The Morgan fingerprint density at radius 1 is 1.03 bits per heavy atom. The van der Waals surface area contributed by atoms with E-state index in [0.717, 1.165) is 24.3 Å². The summed E-state index contributed by atoms with van der Waals surface area (Å²) in [7, 11) is 0. The standard InChI is InChI=1S/C24H25FN4O3/c1-2-32-24(31)23-21(16-22(30)29(26-23)20-10-8-19(25)9-11-20)28-14-12-27(13-15-28)17-18-6-4-3-5-7-18/h3-11,16H,2,12-15,17H2,1H3. The summed E-state index contributed by atoms with van der Waals surface area (Å²) in [5.41, 5.74) is 1.77. The molecular formula is C24H25FN4O3. The van der Waals surface area contributed by atoms with Gasteiger partial charge < -0.3 is 9.64 Å². The van der Waals surface area contributed by atoms with E-state index in [2.05, 4.69) is 22.1 Å². The van der Waals surface area contributed by atoms with Crippen molar-refractivity contribution >= 4 is 11.7 Å². The predicted molar refractivity (Wildman–Crippen MR) is 120 cm³/mol. The van der Waals surface area contributed by atoms with Gasteiger partial charge in [0, 0.05) is 38.8 Å². The van der Waals surface area contributed by atoms with Crippen LogP contribution in [0.15, 0.2) is 65.5 Å². The first-order valence-electron chi connectivity index (χ1n) is 10.6. The van der Waals surface area contributed by atoms with Crippen LogP contribution < -0.4 is 10.5 Å². The van der Waals surface area contributed by atoms with Crippen molar-refractivity contribution in [3.05, 3.63) is 88.1 Å². The number of benzene rings is 2. The molecule has 0 spiro atoms. The molecule has 2 heterocycles. The van der Waals surface area contributed by atoms with Crippen molar-refractivity contribution in [2.45, 2.75) is 13.5 Å². The highest BCUT2D eigenvalue weighted by Gasteiger charge is 2.25. The zero-order valence-electron chi connectivity index (χ0n) is 17.9. The van der Waals surface area contributed by atoms with Gasteiger partial charge in [0.15, 0.2) is 5.69 Å². The Labute approximate surface area is 185 Å². The van der Waals surface area contributed by atoms with Crippen LogP contribution in [0.2, 0.25) is 0 Å². The lowest BCUT2D eigenvalue weighted by molar-refractivity contribution is 0.0517. The molecule has 1 aliphatic heterocycles. The largest absolute Gasteiger partial charge is 0.461 e. The molecule has 0 amide bonds. The minimum atomic E-state index is -0.593. The summed E-state index contributed by atoms with van der Waals surface area (Å²) in [5.74, 6) is -1.01. The van der Waals surface area contributed by atoms with Crippen molar-refractivity contribution in [2.75, 3.05) is 37.7 Å². The first-order valence-corrected chi connectivity index (χ1v) is 10.6. The molecule has 2 aromatic carbocycles. The first kappa shape index (κ1) is 21.7. The summed E-state index contributed by atoms with van der Waals surface area (Å²) in [6.45, 7) is 5.65. The number of piperazine rings is 1. The molecule has 166 valence electrons. The average molecular weight is 436 g/mol. The van der Waals surface area contributed by atoms with Gasteiger partial charge in [-0.05, 0) is 36.8 Å². The molecule has 7 nitrogen and oxygen atoms in total. The molecule has 8 heteroatoms. The van der Waals surface area contributed by atoms with Crippen LogP contribution in [-0.2, 0) is 11.3 Å². The number of anilines is 1. The third-order valence-corrected chi connectivity index (χ3v) is 5.41. The van der Waals surface area contributed by atoms with Crippen LogP contribution >= 0.6 is 0 Å². The average Bonchev–Trinajstić information content (AvgIpc) is 2.81. The van der Waals surface area contributed by atoms with Crippen LogP contribution in [0.25, 0.3) is 5.69 Å². The van der Waals surface area contributed by atoms with E-state index in [1.807, 2.05) is 23.1 Å². The predicted octanol–water partition coefficient (Wildman–Crippen LogP) is 2.87. The highest BCUT2D eigenvalue weighted by Crippen LogP contribution is 2.21. The lowest BCUT2D eigenvalue weighted by Gasteiger charge is -2.36. The molecular weight excluding hydrogens is 411 g/mol. The summed E-state index contributed by atoms with van der Waals surface area (Å²) in [6, 6.07) is 17.0. The van der Waals surface area contributed by atoms with Crippen molar-refractivity contribution in [3.63, 3.8) is 0 Å². The van der Waals surface area contributed by atoms with Gasteiger partial charge in [-0.15, -0.1) is 0 Å². The van der Waals surface area contributed by atoms with Crippen LogP contribution in [0.3, 0.4) is 0 Å². The van der Waals surface area contributed by atoms with E-state index in [-0.39, 0.29) is 12.3 Å². The van der Waals surface area contributed by atoms with Gasteiger partial charge in [-0.3, -0.25) is 9.69 Å². The van der Waals surface area contributed by atoms with Crippen molar-refractivity contribution in [2.24, 2.45) is 0 Å². The van der Waals surface area contributed by atoms with Crippen molar-refractivity contribution in [3.8, 4) is 5.69 Å². The second-order valence-corrected chi connectivity index (χ2v) is 7.57. The monoisotopic (exact) mass is 436 g/mol. The molecule has 0 atom stereocenters. The third kappa shape index (κ3) is 4.86. The summed E-state index contributed by atoms with van der Waals surface area (Å²) in [4.78, 5) is 29.8. The zero-order chi connectivity index (χ0) is 22.5. The number of esters is 1. The number of ether oxygens (including phenoxy) is 1. The molecule has 0 aliphatic carbocycles. The fourth-order valence-electron chi connectivity index (χ4n) is 3.79. The highest BCUT2D eigenvalue weighted by molar-refractivity contribution is 5.93. The third-order valence-electron chi connectivity index (χ3n) is 5.41. The van der Waals surface area contributed by atoms with Crippen LogP contribution in [0.1, 0.15) is 23.0 Å².